The number of hydrogen-bond donors (Lipinski definition) is 0. The fraction of sp³-hybridized carbons (Fsp3) is 0.500. The highest BCUT2D eigenvalue weighted by molar-refractivity contribution is 5.48. The van der Waals surface area contributed by atoms with Crippen molar-refractivity contribution in [1.82, 2.24) is 0 Å². The van der Waals surface area contributed by atoms with Gasteiger partial charge in [-0.25, -0.2) is 0 Å². The van der Waals surface area contributed by atoms with E-state index >= 15 is 0 Å². The summed E-state index contributed by atoms with van der Waals surface area (Å²) in [6.07, 6.45) is 2.04. The van der Waals surface area contributed by atoms with Crippen LogP contribution in [0.5, 0.6) is 11.5 Å². The lowest BCUT2D eigenvalue weighted by atomic mass is 9.58. The monoisotopic (exact) mass is 231 g/mol. The molecule has 0 saturated heterocycles. The van der Waals surface area contributed by atoms with Crippen LogP contribution in [0.2, 0.25) is 0 Å². The third-order valence-electron chi connectivity index (χ3n) is 3.91. The second kappa shape index (κ2) is 4.29. The van der Waals surface area contributed by atoms with Gasteiger partial charge < -0.3 is 9.47 Å². The van der Waals surface area contributed by atoms with E-state index in [-0.39, 0.29) is 5.41 Å². The molecule has 1 aromatic carbocycles. The summed E-state index contributed by atoms with van der Waals surface area (Å²) in [5, 5.41) is 9.43. The zero-order valence-electron chi connectivity index (χ0n) is 10.5. The van der Waals surface area contributed by atoms with Gasteiger partial charge in [-0.05, 0) is 36.5 Å². The maximum Gasteiger partial charge on any atom is 0.161 e. The van der Waals surface area contributed by atoms with Crippen LogP contribution in [0.4, 0.5) is 0 Å². The largest absolute Gasteiger partial charge is 0.493 e. The molecule has 0 radical (unpaired) electrons. The highest BCUT2D eigenvalue weighted by atomic mass is 16.5. The summed E-state index contributed by atoms with van der Waals surface area (Å²) < 4.78 is 10.5. The van der Waals surface area contributed by atoms with Crippen molar-refractivity contribution in [2.24, 2.45) is 5.92 Å². The molecule has 17 heavy (non-hydrogen) atoms. The second-order valence-corrected chi connectivity index (χ2v) is 4.59. The third-order valence-corrected chi connectivity index (χ3v) is 3.91. The number of hydrogen-bond acceptors (Lipinski definition) is 3. The molecule has 1 fully saturated rings. The van der Waals surface area contributed by atoms with Crippen LogP contribution in [0.25, 0.3) is 0 Å². The Morgan fingerprint density at radius 3 is 2.41 bits per heavy atom. The molecule has 0 aliphatic heterocycles. The van der Waals surface area contributed by atoms with E-state index in [1.165, 1.54) is 0 Å². The molecule has 0 bridgehead atoms. The molecule has 3 heteroatoms. The highest BCUT2D eigenvalue weighted by Gasteiger charge is 2.46. The first kappa shape index (κ1) is 11.8. The minimum atomic E-state index is -0.334. The van der Waals surface area contributed by atoms with Gasteiger partial charge in [0, 0.05) is 0 Å². The van der Waals surface area contributed by atoms with Gasteiger partial charge in [-0.3, -0.25) is 0 Å². The van der Waals surface area contributed by atoms with E-state index in [1.807, 2.05) is 18.2 Å². The molecule has 2 rings (SSSR count). The minimum absolute atomic E-state index is 0.334. The molecule has 0 aromatic heterocycles. The average Bonchev–Trinajstić information content (AvgIpc) is 2.38. The fourth-order valence-electron chi connectivity index (χ4n) is 2.49. The first-order valence-corrected chi connectivity index (χ1v) is 5.81. The molecule has 1 aliphatic rings. The Balaban J connectivity index is 2.44. The van der Waals surface area contributed by atoms with Gasteiger partial charge in [0.2, 0.25) is 0 Å². The van der Waals surface area contributed by atoms with Crippen LogP contribution in [-0.2, 0) is 5.41 Å². The lowest BCUT2D eigenvalue weighted by molar-refractivity contribution is 0.201. The van der Waals surface area contributed by atoms with Crippen molar-refractivity contribution in [2.75, 3.05) is 14.2 Å². The van der Waals surface area contributed by atoms with Crippen LogP contribution >= 0.6 is 0 Å². The van der Waals surface area contributed by atoms with Crippen molar-refractivity contribution < 1.29 is 9.47 Å². The van der Waals surface area contributed by atoms with Gasteiger partial charge in [-0.15, -0.1) is 0 Å². The number of nitrogens with zero attached hydrogens (tertiary/aromatic N) is 1. The maximum atomic E-state index is 9.43. The predicted octanol–water partition coefficient (Wildman–Crippen LogP) is 2.90. The van der Waals surface area contributed by atoms with Crippen LogP contribution < -0.4 is 9.47 Å². The van der Waals surface area contributed by atoms with Crippen LogP contribution in [0.1, 0.15) is 25.3 Å². The molecule has 1 aromatic rings. The van der Waals surface area contributed by atoms with Gasteiger partial charge in [0.05, 0.1) is 25.7 Å². The summed E-state index contributed by atoms with van der Waals surface area (Å²) in [7, 11) is 3.23. The van der Waals surface area contributed by atoms with Crippen LogP contribution in [0, 0.1) is 17.2 Å². The quantitative estimate of drug-likeness (QED) is 0.803. The van der Waals surface area contributed by atoms with Crippen LogP contribution in [0.15, 0.2) is 18.2 Å². The molecule has 0 spiro atoms. The number of ether oxygens (including phenoxy) is 2. The molecule has 1 aliphatic carbocycles. The number of methoxy groups -OCH3 is 2. The van der Waals surface area contributed by atoms with Crippen molar-refractivity contribution in [3.05, 3.63) is 23.8 Å². The summed E-state index contributed by atoms with van der Waals surface area (Å²) in [6.45, 7) is 2.13. The summed E-state index contributed by atoms with van der Waals surface area (Å²) in [5.41, 5.74) is 0.705. The summed E-state index contributed by atoms with van der Waals surface area (Å²) >= 11 is 0. The normalized spacial score (nSPS) is 26.8. The molecule has 3 nitrogen and oxygen atoms in total. The average molecular weight is 231 g/mol. The topological polar surface area (TPSA) is 42.2 Å². The summed E-state index contributed by atoms with van der Waals surface area (Å²) in [6, 6.07) is 8.25. The molecule has 2 atom stereocenters. The van der Waals surface area contributed by atoms with Gasteiger partial charge in [0.25, 0.3) is 0 Å². The van der Waals surface area contributed by atoms with Gasteiger partial charge in [0.15, 0.2) is 11.5 Å². The molecule has 90 valence electrons. The number of nitriles is 1. The first-order chi connectivity index (χ1) is 8.17. The predicted molar refractivity (Wildman–Crippen MR) is 65.2 cm³/mol. The second-order valence-electron chi connectivity index (χ2n) is 4.59. The van der Waals surface area contributed by atoms with Crippen LogP contribution in [-0.4, -0.2) is 14.2 Å². The van der Waals surface area contributed by atoms with Gasteiger partial charge in [0.1, 0.15) is 0 Å². The minimum Gasteiger partial charge on any atom is -0.493 e. The molecular weight excluding hydrogens is 214 g/mol. The molecule has 2 unspecified atom stereocenters. The van der Waals surface area contributed by atoms with Gasteiger partial charge in [-0.1, -0.05) is 13.0 Å². The van der Waals surface area contributed by atoms with E-state index in [1.54, 1.807) is 14.2 Å². The zero-order chi connectivity index (χ0) is 12.5. The van der Waals surface area contributed by atoms with Gasteiger partial charge >= 0.3 is 0 Å². The number of rotatable bonds is 3. The first-order valence-electron chi connectivity index (χ1n) is 5.81. The Kier molecular flexibility index (Phi) is 2.97. The van der Waals surface area contributed by atoms with E-state index < -0.39 is 0 Å². The van der Waals surface area contributed by atoms with Crippen molar-refractivity contribution in [3.8, 4) is 17.6 Å². The van der Waals surface area contributed by atoms with E-state index in [4.69, 9.17) is 9.47 Å². The van der Waals surface area contributed by atoms with Crippen LogP contribution in [0.3, 0.4) is 0 Å². The summed E-state index contributed by atoms with van der Waals surface area (Å²) in [5.74, 6) is 1.81. The van der Waals surface area contributed by atoms with E-state index in [9.17, 15) is 5.26 Å². The Morgan fingerprint density at radius 1 is 1.29 bits per heavy atom. The van der Waals surface area contributed by atoms with Crippen molar-refractivity contribution in [1.29, 1.82) is 5.26 Å². The SMILES string of the molecule is COc1ccc(C2(C#N)CCC2C)cc1OC. The maximum absolute atomic E-state index is 9.43. The van der Waals surface area contributed by atoms with Crippen molar-refractivity contribution in [3.63, 3.8) is 0 Å². The molecule has 0 heterocycles. The summed E-state index contributed by atoms with van der Waals surface area (Å²) in [4.78, 5) is 0. The Morgan fingerprint density at radius 2 is 2.00 bits per heavy atom. The molecular formula is C14H17NO2. The van der Waals surface area contributed by atoms with E-state index in [2.05, 4.69) is 13.0 Å². The van der Waals surface area contributed by atoms with E-state index in [0.29, 0.717) is 17.4 Å². The lowest BCUT2D eigenvalue weighted by Gasteiger charge is -2.43. The fourth-order valence-corrected chi connectivity index (χ4v) is 2.49. The zero-order valence-corrected chi connectivity index (χ0v) is 10.5. The molecule has 0 N–H and O–H groups in total. The Bertz CT molecular complexity index is 464. The Hall–Kier alpha value is -1.69. The standard InChI is InChI=1S/C14H17NO2/c1-10-6-7-14(10,9-15)11-4-5-12(16-2)13(8-11)17-3/h4-5,8,10H,6-7H2,1-3H3. The lowest BCUT2D eigenvalue weighted by Crippen LogP contribution is -2.41. The third kappa shape index (κ3) is 1.64. The van der Waals surface area contributed by atoms with Crippen molar-refractivity contribution in [2.45, 2.75) is 25.2 Å². The molecule has 0 amide bonds. The smallest absolute Gasteiger partial charge is 0.161 e. The molecule has 1 saturated carbocycles. The van der Waals surface area contributed by atoms with Gasteiger partial charge in [-0.2, -0.15) is 5.26 Å². The van der Waals surface area contributed by atoms with Crippen molar-refractivity contribution >= 4 is 0 Å². The van der Waals surface area contributed by atoms with E-state index in [0.717, 1.165) is 18.4 Å². The number of benzene rings is 1. The Labute approximate surface area is 102 Å². The highest BCUT2D eigenvalue weighted by Crippen LogP contribution is 2.49.